The number of piperidine rings is 1. The Morgan fingerprint density at radius 3 is 2.17 bits per heavy atom. The Kier molecular flexibility index (Phi) is 1.66. The zero-order valence-corrected chi connectivity index (χ0v) is 7.63. The van der Waals surface area contributed by atoms with Crippen LogP contribution in [0.4, 0.5) is 0 Å². The van der Waals surface area contributed by atoms with Crippen molar-refractivity contribution in [2.24, 2.45) is 11.8 Å². The summed E-state index contributed by atoms with van der Waals surface area (Å²) in [5, 5.41) is 3.37. The molecule has 0 aromatic carbocycles. The third kappa shape index (κ3) is 1.09. The highest BCUT2D eigenvalue weighted by Gasteiger charge is 2.36. The van der Waals surface area contributed by atoms with E-state index in [1.807, 2.05) is 0 Å². The van der Waals surface area contributed by atoms with Gasteiger partial charge in [0, 0.05) is 32.2 Å². The Bertz CT molecular complexity index is 165. The van der Waals surface area contributed by atoms with Crippen molar-refractivity contribution in [3.8, 4) is 0 Å². The summed E-state index contributed by atoms with van der Waals surface area (Å²) >= 11 is 0. The standard InChI is InChI=1S/C10H18N2/c1-2-9-3-8(1)6-12(7-9)10-4-11-5-10/h8-11H,1-7H2. The van der Waals surface area contributed by atoms with Crippen molar-refractivity contribution >= 4 is 0 Å². The maximum Gasteiger partial charge on any atom is 0.0345 e. The van der Waals surface area contributed by atoms with E-state index in [-0.39, 0.29) is 0 Å². The smallest absolute Gasteiger partial charge is 0.0345 e. The quantitative estimate of drug-likeness (QED) is 0.616. The second-order valence-corrected chi connectivity index (χ2v) is 4.81. The van der Waals surface area contributed by atoms with Crippen molar-refractivity contribution in [1.82, 2.24) is 10.2 Å². The maximum absolute atomic E-state index is 3.37. The molecule has 1 N–H and O–H groups in total. The van der Waals surface area contributed by atoms with Crippen molar-refractivity contribution in [3.05, 3.63) is 0 Å². The number of nitrogens with one attached hydrogen (secondary N) is 1. The molecule has 0 spiro atoms. The van der Waals surface area contributed by atoms with Crippen molar-refractivity contribution < 1.29 is 0 Å². The van der Waals surface area contributed by atoms with Crippen molar-refractivity contribution in [1.29, 1.82) is 0 Å². The third-order valence-electron chi connectivity index (χ3n) is 3.91. The third-order valence-corrected chi connectivity index (χ3v) is 3.91. The molecule has 2 unspecified atom stereocenters. The Labute approximate surface area is 74.3 Å². The molecular weight excluding hydrogens is 148 g/mol. The van der Waals surface area contributed by atoms with Gasteiger partial charge in [-0.2, -0.15) is 0 Å². The Balaban J connectivity index is 1.65. The zero-order chi connectivity index (χ0) is 7.97. The number of fused-ring (bicyclic) bond motifs is 2. The molecule has 2 atom stereocenters. The molecular formula is C10H18N2. The molecule has 0 aromatic heterocycles. The van der Waals surface area contributed by atoms with E-state index in [0.29, 0.717) is 0 Å². The summed E-state index contributed by atoms with van der Waals surface area (Å²) in [6, 6.07) is 0.897. The molecule has 0 aromatic rings. The minimum Gasteiger partial charge on any atom is -0.314 e. The summed E-state index contributed by atoms with van der Waals surface area (Å²) < 4.78 is 0. The van der Waals surface area contributed by atoms with Crippen LogP contribution < -0.4 is 5.32 Å². The molecule has 2 bridgehead atoms. The highest BCUT2D eigenvalue weighted by atomic mass is 15.2. The van der Waals surface area contributed by atoms with Gasteiger partial charge in [0.2, 0.25) is 0 Å². The molecule has 12 heavy (non-hydrogen) atoms. The summed E-state index contributed by atoms with van der Waals surface area (Å²) in [6.45, 7) is 5.31. The van der Waals surface area contributed by atoms with Gasteiger partial charge in [-0.05, 0) is 31.1 Å². The van der Waals surface area contributed by atoms with Crippen molar-refractivity contribution in [3.63, 3.8) is 0 Å². The number of hydrogen-bond acceptors (Lipinski definition) is 2. The van der Waals surface area contributed by atoms with Gasteiger partial charge in [-0.15, -0.1) is 0 Å². The summed E-state index contributed by atoms with van der Waals surface area (Å²) in [5.74, 6) is 2.12. The van der Waals surface area contributed by atoms with Crippen LogP contribution in [0.3, 0.4) is 0 Å². The molecule has 0 amide bonds. The average Bonchev–Trinajstić information content (AvgIpc) is 2.27. The first-order valence-corrected chi connectivity index (χ1v) is 5.36. The lowest BCUT2D eigenvalue weighted by molar-refractivity contribution is 0.0856. The summed E-state index contributed by atoms with van der Waals surface area (Å²) in [5.41, 5.74) is 0. The minimum absolute atomic E-state index is 0.897. The normalized spacial score (nSPS) is 43.0. The Hall–Kier alpha value is -0.0800. The molecule has 2 aliphatic heterocycles. The summed E-state index contributed by atoms with van der Waals surface area (Å²) in [4.78, 5) is 2.74. The maximum atomic E-state index is 3.37. The van der Waals surface area contributed by atoms with Crippen LogP contribution in [0.1, 0.15) is 19.3 Å². The predicted molar refractivity (Wildman–Crippen MR) is 49.1 cm³/mol. The van der Waals surface area contributed by atoms with Gasteiger partial charge >= 0.3 is 0 Å². The number of rotatable bonds is 1. The zero-order valence-electron chi connectivity index (χ0n) is 7.63. The minimum atomic E-state index is 0.897. The second kappa shape index (κ2) is 2.71. The number of hydrogen-bond donors (Lipinski definition) is 1. The highest BCUT2D eigenvalue weighted by molar-refractivity contribution is 4.92. The summed E-state index contributed by atoms with van der Waals surface area (Å²) in [6.07, 6.45) is 4.57. The van der Waals surface area contributed by atoms with Gasteiger partial charge < -0.3 is 5.32 Å². The van der Waals surface area contributed by atoms with Crippen LogP contribution in [-0.2, 0) is 0 Å². The van der Waals surface area contributed by atoms with Gasteiger partial charge in [0.05, 0.1) is 0 Å². The number of likely N-dealkylation sites (tertiary alicyclic amines) is 1. The van der Waals surface area contributed by atoms with E-state index >= 15 is 0 Å². The highest BCUT2D eigenvalue weighted by Crippen LogP contribution is 2.37. The van der Waals surface area contributed by atoms with Gasteiger partial charge in [-0.25, -0.2) is 0 Å². The molecule has 3 fully saturated rings. The van der Waals surface area contributed by atoms with Crippen molar-refractivity contribution in [2.45, 2.75) is 25.3 Å². The first kappa shape index (κ1) is 7.34. The summed E-state index contributed by atoms with van der Waals surface area (Å²) in [7, 11) is 0. The fourth-order valence-electron chi connectivity index (χ4n) is 3.08. The van der Waals surface area contributed by atoms with E-state index in [0.717, 1.165) is 17.9 Å². The SMILES string of the molecule is C1CC2CC1CN(C1CNC1)C2. The average molecular weight is 166 g/mol. The fraction of sp³-hybridized carbons (Fsp3) is 1.00. The van der Waals surface area contributed by atoms with Crippen molar-refractivity contribution in [2.75, 3.05) is 26.2 Å². The molecule has 0 radical (unpaired) electrons. The first-order valence-electron chi connectivity index (χ1n) is 5.36. The van der Waals surface area contributed by atoms with E-state index in [1.165, 1.54) is 45.4 Å². The van der Waals surface area contributed by atoms with Crippen LogP contribution >= 0.6 is 0 Å². The lowest BCUT2D eigenvalue weighted by Crippen LogP contribution is -2.59. The molecule has 3 aliphatic rings. The van der Waals surface area contributed by atoms with Gasteiger partial charge in [0.25, 0.3) is 0 Å². The lowest BCUT2D eigenvalue weighted by atomic mass is 9.96. The molecule has 2 heterocycles. The van der Waals surface area contributed by atoms with Crippen LogP contribution in [-0.4, -0.2) is 37.1 Å². The monoisotopic (exact) mass is 166 g/mol. The fourth-order valence-corrected chi connectivity index (χ4v) is 3.08. The molecule has 2 saturated heterocycles. The molecule has 1 aliphatic carbocycles. The Morgan fingerprint density at radius 1 is 1.00 bits per heavy atom. The number of nitrogens with zero attached hydrogens (tertiary/aromatic N) is 1. The van der Waals surface area contributed by atoms with E-state index in [1.54, 1.807) is 0 Å². The molecule has 1 saturated carbocycles. The van der Waals surface area contributed by atoms with Crippen LogP contribution in [0.5, 0.6) is 0 Å². The van der Waals surface area contributed by atoms with Gasteiger partial charge in [-0.3, -0.25) is 4.90 Å². The van der Waals surface area contributed by atoms with Gasteiger partial charge in [0.15, 0.2) is 0 Å². The molecule has 2 heteroatoms. The van der Waals surface area contributed by atoms with Crippen LogP contribution in [0.15, 0.2) is 0 Å². The Morgan fingerprint density at radius 2 is 1.67 bits per heavy atom. The van der Waals surface area contributed by atoms with E-state index < -0.39 is 0 Å². The molecule has 68 valence electrons. The predicted octanol–water partition coefficient (Wildman–Crippen LogP) is 0.690. The van der Waals surface area contributed by atoms with Crippen LogP contribution in [0.2, 0.25) is 0 Å². The van der Waals surface area contributed by atoms with Crippen LogP contribution in [0, 0.1) is 11.8 Å². The largest absolute Gasteiger partial charge is 0.314 e. The first-order chi connectivity index (χ1) is 5.92. The van der Waals surface area contributed by atoms with Gasteiger partial charge in [-0.1, -0.05) is 0 Å². The topological polar surface area (TPSA) is 15.3 Å². The lowest BCUT2D eigenvalue weighted by Gasteiger charge is -2.42. The van der Waals surface area contributed by atoms with Gasteiger partial charge in [0.1, 0.15) is 0 Å². The van der Waals surface area contributed by atoms with E-state index in [4.69, 9.17) is 0 Å². The molecule has 3 rings (SSSR count). The second-order valence-electron chi connectivity index (χ2n) is 4.81. The van der Waals surface area contributed by atoms with Crippen LogP contribution in [0.25, 0.3) is 0 Å². The van der Waals surface area contributed by atoms with E-state index in [2.05, 4.69) is 10.2 Å². The van der Waals surface area contributed by atoms with E-state index in [9.17, 15) is 0 Å². The molecule has 2 nitrogen and oxygen atoms in total.